The lowest BCUT2D eigenvalue weighted by molar-refractivity contribution is -0.0498. The molecule has 0 aliphatic heterocycles. The van der Waals surface area contributed by atoms with Gasteiger partial charge in [-0.05, 0) is 42.5 Å². The van der Waals surface area contributed by atoms with E-state index in [2.05, 4.69) is 19.8 Å². The number of hydrogen-bond donors (Lipinski definition) is 0. The molecule has 3 aromatic heterocycles. The molecule has 36 heavy (non-hydrogen) atoms. The van der Waals surface area contributed by atoms with Gasteiger partial charge in [-0.25, -0.2) is 13.8 Å². The normalized spacial score (nSPS) is 11.6. The third kappa shape index (κ3) is 4.57. The van der Waals surface area contributed by atoms with Gasteiger partial charge >= 0.3 is 6.61 Å². The maximum Gasteiger partial charge on any atom is 0.387 e. The monoisotopic (exact) mass is 499 g/mol. The molecule has 0 N–H and O–H groups in total. The fraction of sp³-hybridized carbons (Fsp3) is 0.167. The SMILES string of the molecule is Cn1cc2cc(-c3nc4ccc(OCC(F)F)nc4n(-c4ccc(OC(F)F)cc4)c3=O)ccc2n1. The van der Waals surface area contributed by atoms with Crippen LogP contribution in [-0.2, 0) is 7.05 Å². The summed E-state index contributed by atoms with van der Waals surface area (Å²) in [6.07, 6.45) is -0.913. The van der Waals surface area contributed by atoms with Gasteiger partial charge in [0, 0.05) is 30.3 Å². The molecular formula is C24H17F4N5O3. The van der Waals surface area contributed by atoms with Gasteiger partial charge in [-0.3, -0.25) is 14.0 Å². The van der Waals surface area contributed by atoms with E-state index in [0.29, 0.717) is 5.56 Å². The number of aryl methyl sites for hydroxylation is 1. The fourth-order valence-electron chi connectivity index (χ4n) is 3.78. The Morgan fingerprint density at radius 2 is 1.69 bits per heavy atom. The minimum absolute atomic E-state index is 0.0421. The molecule has 0 atom stereocenters. The Hall–Kier alpha value is -4.48. The Morgan fingerprint density at radius 1 is 0.944 bits per heavy atom. The summed E-state index contributed by atoms with van der Waals surface area (Å²) in [7, 11) is 1.78. The number of alkyl halides is 4. The van der Waals surface area contributed by atoms with Crippen molar-refractivity contribution in [1.82, 2.24) is 24.3 Å². The van der Waals surface area contributed by atoms with Crippen molar-refractivity contribution in [3.63, 3.8) is 0 Å². The Balaban J connectivity index is 1.70. The van der Waals surface area contributed by atoms with Gasteiger partial charge in [0.05, 0.1) is 11.2 Å². The molecular weight excluding hydrogens is 482 g/mol. The van der Waals surface area contributed by atoms with Crippen molar-refractivity contribution in [2.75, 3.05) is 6.61 Å². The summed E-state index contributed by atoms with van der Waals surface area (Å²) in [5.74, 6) is -0.226. The summed E-state index contributed by atoms with van der Waals surface area (Å²) in [6.45, 7) is -3.88. The predicted octanol–water partition coefficient (Wildman–Crippen LogP) is 4.58. The lowest BCUT2D eigenvalue weighted by Gasteiger charge is -2.14. The summed E-state index contributed by atoms with van der Waals surface area (Å²) in [5.41, 5.74) is 1.40. The molecule has 5 aromatic rings. The maximum atomic E-state index is 13.7. The number of rotatable bonds is 7. The topological polar surface area (TPSA) is 84.1 Å². The molecule has 8 nitrogen and oxygen atoms in total. The standard InChI is InChI=1S/C24H17F4N5O3/c1-32-11-14-10-13(2-7-17(14)31-32)21-23(34)33(15-3-5-16(6-4-15)36-24(27)28)22-18(29-21)8-9-20(30-22)35-12-19(25)26/h2-11,19,24H,12H2,1H3. The van der Waals surface area contributed by atoms with Crippen LogP contribution in [-0.4, -0.2) is 44.0 Å². The first-order valence-corrected chi connectivity index (χ1v) is 10.6. The number of fused-ring (bicyclic) bond motifs is 2. The van der Waals surface area contributed by atoms with Gasteiger partial charge in [-0.15, -0.1) is 0 Å². The molecule has 3 heterocycles. The Labute approximate surface area is 200 Å². The molecule has 2 aromatic carbocycles. The molecule has 0 radical (unpaired) electrons. The van der Waals surface area contributed by atoms with Crippen LogP contribution in [0.25, 0.3) is 39.0 Å². The van der Waals surface area contributed by atoms with E-state index in [1.807, 2.05) is 0 Å². The molecule has 5 rings (SSSR count). The summed E-state index contributed by atoms with van der Waals surface area (Å²) < 4.78 is 62.7. The van der Waals surface area contributed by atoms with E-state index in [9.17, 15) is 22.4 Å². The zero-order valence-corrected chi connectivity index (χ0v) is 18.6. The van der Waals surface area contributed by atoms with Crippen LogP contribution in [0, 0.1) is 0 Å². The van der Waals surface area contributed by atoms with Crippen molar-refractivity contribution in [2.24, 2.45) is 7.05 Å². The highest BCUT2D eigenvalue weighted by Crippen LogP contribution is 2.25. The summed E-state index contributed by atoms with van der Waals surface area (Å²) in [4.78, 5) is 22.4. The molecule has 0 aliphatic carbocycles. The van der Waals surface area contributed by atoms with E-state index >= 15 is 0 Å². The summed E-state index contributed by atoms with van der Waals surface area (Å²) >= 11 is 0. The van der Waals surface area contributed by atoms with E-state index < -0.39 is 25.2 Å². The first-order valence-electron chi connectivity index (χ1n) is 10.6. The van der Waals surface area contributed by atoms with Crippen LogP contribution in [0.5, 0.6) is 11.6 Å². The molecule has 0 aliphatic rings. The molecule has 0 saturated carbocycles. The highest BCUT2D eigenvalue weighted by atomic mass is 19.3. The first kappa shape index (κ1) is 23.3. The van der Waals surface area contributed by atoms with Crippen molar-refractivity contribution in [1.29, 1.82) is 0 Å². The summed E-state index contributed by atoms with van der Waals surface area (Å²) in [6, 6.07) is 13.5. The fourth-order valence-corrected chi connectivity index (χ4v) is 3.78. The molecule has 184 valence electrons. The van der Waals surface area contributed by atoms with Crippen molar-refractivity contribution in [3.8, 4) is 28.6 Å². The van der Waals surface area contributed by atoms with Crippen LogP contribution in [0.2, 0.25) is 0 Å². The number of hydrogen-bond acceptors (Lipinski definition) is 6. The van der Waals surface area contributed by atoms with Crippen LogP contribution in [0.3, 0.4) is 0 Å². The van der Waals surface area contributed by atoms with Crippen molar-refractivity contribution >= 4 is 22.1 Å². The van der Waals surface area contributed by atoms with Crippen LogP contribution < -0.4 is 15.0 Å². The minimum Gasteiger partial charge on any atom is -0.472 e. The molecule has 12 heteroatoms. The van der Waals surface area contributed by atoms with Gasteiger partial charge in [0.25, 0.3) is 12.0 Å². The predicted molar refractivity (Wildman–Crippen MR) is 123 cm³/mol. The average Bonchev–Trinajstić information content (AvgIpc) is 3.22. The third-order valence-electron chi connectivity index (χ3n) is 5.25. The van der Waals surface area contributed by atoms with Gasteiger partial charge in [0.15, 0.2) is 12.3 Å². The van der Waals surface area contributed by atoms with Crippen molar-refractivity contribution in [3.05, 3.63) is 71.1 Å². The molecule has 0 spiro atoms. The lowest BCUT2D eigenvalue weighted by atomic mass is 10.1. The van der Waals surface area contributed by atoms with Gasteiger partial charge in [-0.2, -0.15) is 18.9 Å². The van der Waals surface area contributed by atoms with Gasteiger partial charge in [0.2, 0.25) is 5.88 Å². The quantitative estimate of drug-likeness (QED) is 0.305. The largest absolute Gasteiger partial charge is 0.472 e. The summed E-state index contributed by atoms with van der Waals surface area (Å²) in [5, 5.41) is 5.12. The smallest absolute Gasteiger partial charge is 0.387 e. The van der Waals surface area contributed by atoms with E-state index in [1.54, 1.807) is 36.1 Å². The highest BCUT2D eigenvalue weighted by Gasteiger charge is 2.18. The molecule has 0 saturated heterocycles. The molecule has 0 bridgehead atoms. The second-order valence-corrected chi connectivity index (χ2v) is 7.74. The maximum absolute atomic E-state index is 13.7. The number of benzene rings is 2. The molecule has 0 amide bonds. The number of halogens is 4. The van der Waals surface area contributed by atoms with E-state index in [0.717, 1.165) is 10.9 Å². The van der Waals surface area contributed by atoms with Crippen LogP contribution in [0.15, 0.2) is 65.6 Å². The second kappa shape index (κ2) is 9.29. The number of aromatic nitrogens is 5. The number of ether oxygens (including phenoxy) is 2. The minimum atomic E-state index is -3.01. The van der Waals surface area contributed by atoms with Crippen molar-refractivity contribution in [2.45, 2.75) is 13.0 Å². The Kier molecular flexibility index (Phi) is 6.00. The van der Waals surface area contributed by atoms with Gasteiger partial charge in [0.1, 0.15) is 17.0 Å². The third-order valence-corrected chi connectivity index (χ3v) is 5.25. The zero-order valence-electron chi connectivity index (χ0n) is 18.6. The van der Waals surface area contributed by atoms with Gasteiger partial charge < -0.3 is 9.47 Å². The number of pyridine rings is 1. The Morgan fingerprint density at radius 3 is 2.42 bits per heavy atom. The van der Waals surface area contributed by atoms with Gasteiger partial charge in [-0.1, -0.05) is 6.07 Å². The van der Waals surface area contributed by atoms with E-state index in [4.69, 9.17) is 4.74 Å². The van der Waals surface area contributed by atoms with Crippen LogP contribution >= 0.6 is 0 Å². The molecule has 0 unspecified atom stereocenters. The van der Waals surface area contributed by atoms with Crippen molar-refractivity contribution < 1.29 is 27.0 Å². The average molecular weight is 499 g/mol. The first-order chi connectivity index (χ1) is 17.3. The highest BCUT2D eigenvalue weighted by molar-refractivity contribution is 5.85. The molecule has 0 fully saturated rings. The van der Waals surface area contributed by atoms with Crippen LogP contribution in [0.4, 0.5) is 17.6 Å². The van der Waals surface area contributed by atoms with E-state index in [1.165, 1.54) is 41.0 Å². The van der Waals surface area contributed by atoms with Crippen LogP contribution in [0.1, 0.15) is 0 Å². The lowest BCUT2D eigenvalue weighted by Crippen LogP contribution is -2.23. The number of nitrogens with zero attached hydrogens (tertiary/aromatic N) is 5. The Bertz CT molecular complexity index is 1620. The second-order valence-electron chi connectivity index (χ2n) is 7.74. The zero-order chi connectivity index (χ0) is 25.4. The van der Waals surface area contributed by atoms with E-state index in [-0.39, 0.29) is 34.2 Å².